The first-order valence-corrected chi connectivity index (χ1v) is 9.69. The van der Waals surface area contributed by atoms with Crippen molar-refractivity contribution in [2.75, 3.05) is 26.2 Å². The minimum absolute atomic E-state index is 0.125. The van der Waals surface area contributed by atoms with Gasteiger partial charge in [0.15, 0.2) is 0 Å². The Kier molecular flexibility index (Phi) is 5.17. The van der Waals surface area contributed by atoms with Crippen molar-refractivity contribution in [1.82, 2.24) is 14.8 Å². The van der Waals surface area contributed by atoms with Crippen LogP contribution in [0.15, 0.2) is 42.6 Å². The molecule has 1 saturated carbocycles. The molecule has 1 aromatic heterocycles. The second kappa shape index (κ2) is 7.89. The van der Waals surface area contributed by atoms with Gasteiger partial charge in [-0.3, -0.25) is 14.7 Å². The van der Waals surface area contributed by atoms with E-state index in [0.717, 1.165) is 50.4 Å². The van der Waals surface area contributed by atoms with Crippen LogP contribution in [0.5, 0.6) is 0 Å². The first-order chi connectivity index (χ1) is 13.2. The van der Waals surface area contributed by atoms with Crippen molar-refractivity contribution >= 4 is 5.91 Å². The molecule has 1 amide bonds. The summed E-state index contributed by atoms with van der Waals surface area (Å²) in [7, 11) is 0. The standard InChI is InChI=1S/C22H24N4O/c23-15-17-2-4-18(5-3-17)16-25-10-1-11-26(13-12-25)22(27)20-8-9-24-21(14-20)19-6-7-19/h2-5,8-9,14,19H,1,6-7,10-13,16H2. The second-order valence-electron chi connectivity index (χ2n) is 7.47. The van der Waals surface area contributed by atoms with Crippen molar-refractivity contribution in [3.05, 3.63) is 65.0 Å². The zero-order valence-electron chi connectivity index (χ0n) is 15.5. The highest BCUT2D eigenvalue weighted by molar-refractivity contribution is 5.94. The highest BCUT2D eigenvalue weighted by Gasteiger charge is 2.26. The molecule has 1 aromatic carbocycles. The average molecular weight is 360 g/mol. The zero-order valence-corrected chi connectivity index (χ0v) is 15.5. The normalized spacial score (nSPS) is 18.0. The van der Waals surface area contributed by atoms with Crippen molar-refractivity contribution in [3.8, 4) is 6.07 Å². The molecule has 5 heteroatoms. The Morgan fingerprint density at radius 2 is 1.93 bits per heavy atom. The molecule has 2 fully saturated rings. The van der Waals surface area contributed by atoms with Crippen molar-refractivity contribution in [3.63, 3.8) is 0 Å². The molecule has 4 rings (SSSR count). The maximum Gasteiger partial charge on any atom is 0.254 e. The fourth-order valence-corrected chi connectivity index (χ4v) is 3.64. The van der Waals surface area contributed by atoms with E-state index in [4.69, 9.17) is 5.26 Å². The number of hydrogen-bond acceptors (Lipinski definition) is 4. The molecular weight excluding hydrogens is 336 g/mol. The number of rotatable bonds is 4. The van der Waals surface area contributed by atoms with Crippen LogP contribution in [0.3, 0.4) is 0 Å². The lowest BCUT2D eigenvalue weighted by atomic mass is 10.1. The molecule has 0 radical (unpaired) electrons. The van der Waals surface area contributed by atoms with Crippen LogP contribution < -0.4 is 0 Å². The van der Waals surface area contributed by atoms with Gasteiger partial charge in [0, 0.05) is 56.1 Å². The van der Waals surface area contributed by atoms with Gasteiger partial charge >= 0.3 is 0 Å². The molecule has 2 heterocycles. The summed E-state index contributed by atoms with van der Waals surface area (Å²) in [6.45, 7) is 4.24. The minimum Gasteiger partial charge on any atom is -0.337 e. The Labute approximate surface area is 160 Å². The highest BCUT2D eigenvalue weighted by atomic mass is 16.2. The van der Waals surface area contributed by atoms with Gasteiger partial charge in [0.2, 0.25) is 0 Å². The fourth-order valence-electron chi connectivity index (χ4n) is 3.64. The number of benzene rings is 1. The summed E-state index contributed by atoms with van der Waals surface area (Å²) in [6, 6.07) is 13.7. The summed E-state index contributed by atoms with van der Waals surface area (Å²) in [5, 5.41) is 8.91. The van der Waals surface area contributed by atoms with Crippen LogP contribution in [0.25, 0.3) is 0 Å². The third kappa shape index (κ3) is 4.35. The topological polar surface area (TPSA) is 60.2 Å². The first-order valence-electron chi connectivity index (χ1n) is 9.69. The maximum absolute atomic E-state index is 12.9. The van der Waals surface area contributed by atoms with Gasteiger partial charge in [0.25, 0.3) is 5.91 Å². The van der Waals surface area contributed by atoms with Crippen LogP contribution in [-0.2, 0) is 6.54 Å². The molecule has 0 unspecified atom stereocenters. The quantitative estimate of drug-likeness (QED) is 0.840. The number of carbonyl (C=O) groups is 1. The molecule has 2 aromatic rings. The molecule has 0 atom stereocenters. The molecule has 0 bridgehead atoms. The number of pyridine rings is 1. The SMILES string of the molecule is N#Cc1ccc(CN2CCCN(C(=O)c3ccnc(C4CC4)c3)CC2)cc1. The molecule has 27 heavy (non-hydrogen) atoms. The first kappa shape index (κ1) is 17.7. The van der Waals surface area contributed by atoms with Crippen molar-refractivity contribution in [2.24, 2.45) is 0 Å². The summed E-state index contributed by atoms with van der Waals surface area (Å²) in [5.74, 6) is 0.685. The van der Waals surface area contributed by atoms with E-state index in [2.05, 4.69) is 16.0 Å². The number of hydrogen-bond donors (Lipinski definition) is 0. The Morgan fingerprint density at radius 1 is 1.11 bits per heavy atom. The zero-order chi connectivity index (χ0) is 18.6. The lowest BCUT2D eigenvalue weighted by Gasteiger charge is -2.22. The van der Waals surface area contributed by atoms with E-state index in [1.165, 1.54) is 18.4 Å². The second-order valence-corrected chi connectivity index (χ2v) is 7.47. The molecule has 1 aliphatic carbocycles. The largest absolute Gasteiger partial charge is 0.337 e. The molecule has 0 spiro atoms. The summed E-state index contributed by atoms with van der Waals surface area (Å²) < 4.78 is 0. The van der Waals surface area contributed by atoms with Gasteiger partial charge in [0.1, 0.15) is 0 Å². The molecule has 138 valence electrons. The molecule has 1 saturated heterocycles. The Bertz CT molecular complexity index is 851. The summed E-state index contributed by atoms with van der Waals surface area (Å²) in [4.78, 5) is 21.7. The molecule has 5 nitrogen and oxygen atoms in total. The summed E-state index contributed by atoms with van der Waals surface area (Å²) in [6.07, 6.45) is 5.13. The number of carbonyl (C=O) groups excluding carboxylic acids is 1. The van der Waals surface area contributed by atoms with Gasteiger partial charge in [-0.05, 0) is 49.1 Å². The number of nitriles is 1. The van der Waals surface area contributed by atoms with Gasteiger partial charge in [-0.2, -0.15) is 5.26 Å². The Balaban J connectivity index is 1.37. The number of aromatic nitrogens is 1. The monoisotopic (exact) mass is 360 g/mol. The van der Waals surface area contributed by atoms with E-state index in [0.29, 0.717) is 11.5 Å². The van der Waals surface area contributed by atoms with Gasteiger partial charge in [-0.25, -0.2) is 0 Å². The van der Waals surface area contributed by atoms with E-state index >= 15 is 0 Å². The maximum atomic E-state index is 12.9. The van der Waals surface area contributed by atoms with Gasteiger partial charge in [-0.1, -0.05) is 12.1 Å². The van der Waals surface area contributed by atoms with Crippen LogP contribution in [0, 0.1) is 11.3 Å². The predicted octanol–water partition coefficient (Wildman–Crippen LogP) is 3.18. The van der Waals surface area contributed by atoms with Gasteiger partial charge in [0.05, 0.1) is 11.6 Å². The fraction of sp³-hybridized carbons (Fsp3) is 0.409. The summed E-state index contributed by atoms with van der Waals surface area (Å²) >= 11 is 0. The van der Waals surface area contributed by atoms with Gasteiger partial charge in [-0.15, -0.1) is 0 Å². The van der Waals surface area contributed by atoms with Crippen LogP contribution in [0.4, 0.5) is 0 Å². The van der Waals surface area contributed by atoms with E-state index < -0.39 is 0 Å². The minimum atomic E-state index is 0.125. The van der Waals surface area contributed by atoms with Gasteiger partial charge < -0.3 is 4.90 Å². The summed E-state index contributed by atoms with van der Waals surface area (Å²) in [5.41, 5.74) is 3.73. The van der Waals surface area contributed by atoms with E-state index in [1.807, 2.05) is 41.3 Å². The molecule has 2 aliphatic rings. The van der Waals surface area contributed by atoms with Crippen molar-refractivity contribution in [1.29, 1.82) is 5.26 Å². The van der Waals surface area contributed by atoms with Crippen LogP contribution >= 0.6 is 0 Å². The number of nitrogens with zero attached hydrogens (tertiary/aromatic N) is 4. The number of amides is 1. The molecule has 1 aliphatic heterocycles. The van der Waals surface area contributed by atoms with Crippen molar-refractivity contribution < 1.29 is 4.79 Å². The van der Waals surface area contributed by atoms with E-state index in [9.17, 15) is 4.79 Å². The third-order valence-electron chi connectivity index (χ3n) is 5.39. The molecule has 0 N–H and O–H groups in total. The average Bonchev–Trinajstić information content (AvgIpc) is 3.56. The Hall–Kier alpha value is -2.71. The third-order valence-corrected chi connectivity index (χ3v) is 5.39. The molecular formula is C22H24N4O. The Morgan fingerprint density at radius 3 is 2.67 bits per heavy atom. The lowest BCUT2D eigenvalue weighted by molar-refractivity contribution is 0.0761. The van der Waals surface area contributed by atoms with Crippen LogP contribution in [-0.4, -0.2) is 46.9 Å². The van der Waals surface area contributed by atoms with E-state index in [-0.39, 0.29) is 5.91 Å². The van der Waals surface area contributed by atoms with Crippen molar-refractivity contribution in [2.45, 2.75) is 31.7 Å². The highest BCUT2D eigenvalue weighted by Crippen LogP contribution is 2.39. The van der Waals surface area contributed by atoms with Crippen LogP contribution in [0.2, 0.25) is 0 Å². The van der Waals surface area contributed by atoms with E-state index in [1.54, 1.807) is 6.20 Å². The predicted molar refractivity (Wildman–Crippen MR) is 103 cm³/mol. The lowest BCUT2D eigenvalue weighted by Crippen LogP contribution is -2.35. The van der Waals surface area contributed by atoms with Crippen LogP contribution in [0.1, 0.15) is 52.4 Å². The smallest absolute Gasteiger partial charge is 0.254 e.